The Labute approximate surface area is 196 Å². The maximum Gasteiger partial charge on any atom is 0.417 e. The predicted molar refractivity (Wildman–Crippen MR) is 122 cm³/mol. The van der Waals surface area contributed by atoms with E-state index in [1.165, 1.54) is 23.4 Å². The van der Waals surface area contributed by atoms with Gasteiger partial charge in [-0.05, 0) is 54.8 Å². The van der Waals surface area contributed by atoms with E-state index in [1.807, 2.05) is 0 Å². The summed E-state index contributed by atoms with van der Waals surface area (Å²) in [5.74, 6) is -0.253. The molecule has 180 valence electrons. The summed E-state index contributed by atoms with van der Waals surface area (Å²) >= 11 is 0. The van der Waals surface area contributed by atoms with Crippen molar-refractivity contribution in [2.24, 2.45) is 0 Å². The van der Waals surface area contributed by atoms with Crippen molar-refractivity contribution >= 4 is 15.9 Å². The highest BCUT2D eigenvalue weighted by molar-refractivity contribution is 7.89. The van der Waals surface area contributed by atoms with Crippen molar-refractivity contribution in [3.8, 4) is 11.1 Å². The molecule has 10 heteroatoms. The van der Waals surface area contributed by atoms with E-state index in [-0.39, 0.29) is 5.91 Å². The van der Waals surface area contributed by atoms with Crippen molar-refractivity contribution in [2.75, 3.05) is 14.1 Å². The van der Waals surface area contributed by atoms with Crippen LogP contribution < -0.4 is 4.72 Å². The van der Waals surface area contributed by atoms with Gasteiger partial charge >= 0.3 is 6.18 Å². The molecule has 0 radical (unpaired) electrons. The monoisotopic (exact) mass is 491 g/mol. The zero-order valence-corrected chi connectivity index (χ0v) is 19.8. The Kier molecular flexibility index (Phi) is 6.86. The van der Waals surface area contributed by atoms with Crippen LogP contribution in [-0.4, -0.2) is 38.3 Å². The number of alkyl halides is 3. The summed E-state index contributed by atoms with van der Waals surface area (Å²) in [7, 11) is -1.30. The van der Waals surface area contributed by atoms with Crippen molar-refractivity contribution in [2.45, 2.75) is 30.5 Å². The lowest BCUT2D eigenvalue weighted by Crippen LogP contribution is -2.41. The average molecular weight is 492 g/mol. The molecule has 0 saturated carbocycles. The fourth-order valence-corrected chi connectivity index (χ4v) is 5.15. The Morgan fingerprint density at radius 3 is 2.32 bits per heavy atom. The van der Waals surface area contributed by atoms with Crippen LogP contribution in [0.25, 0.3) is 11.1 Å². The lowest BCUT2D eigenvalue weighted by molar-refractivity contribution is -0.139. The van der Waals surface area contributed by atoms with E-state index < -0.39 is 32.2 Å². The van der Waals surface area contributed by atoms with Crippen LogP contribution in [-0.2, 0) is 21.7 Å². The first-order valence-corrected chi connectivity index (χ1v) is 11.7. The summed E-state index contributed by atoms with van der Waals surface area (Å²) in [6.07, 6.45) is -1.84. The quantitative estimate of drug-likeness (QED) is 0.543. The smallest absolute Gasteiger partial charge is 0.345 e. The number of benzene rings is 2. The van der Waals surface area contributed by atoms with Gasteiger partial charge in [-0.15, -0.1) is 0 Å². The Morgan fingerprint density at radius 2 is 1.68 bits per heavy atom. The minimum Gasteiger partial charge on any atom is -0.345 e. The van der Waals surface area contributed by atoms with E-state index >= 15 is 0 Å². The normalized spacial score (nSPS) is 12.4. The van der Waals surface area contributed by atoms with Gasteiger partial charge < -0.3 is 4.90 Å². The van der Waals surface area contributed by atoms with Crippen LogP contribution in [0.15, 0.2) is 71.9 Å². The van der Waals surface area contributed by atoms with Gasteiger partial charge in [0.2, 0.25) is 10.0 Å². The van der Waals surface area contributed by atoms with Crippen molar-refractivity contribution in [1.82, 2.24) is 14.6 Å². The maximum atomic E-state index is 13.4. The van der Waals surface area contributed by atoms with E-state index in [0.29, 0.717) is 22.3 Å². The number of hydrogen-bond acceptors (Lipinski definition) is 4. The van der Waals surface area contributed by atoms with Gasteiger partial charge in [0.1, 0.15) is 0 Å². The van der Waals surface area contributed by atoms with E-state index in [1.54, 1.807) is 58.3 Å². The Hall–Kier alpha value is -3.24. The second-order valence-corrected chi connectivity index (χ2v) is 10.1. The summed E-state index contributed by atoms with van der Waals surface area (Å²) in [5, 5.41) is 0. The molecule has 1 heterocycles. The van der Waals surface area contributed by atoms with E-state index in [2.05, 4.69) is 9.71 Å². The number of nitrogens with zero attached hydrogens (tertiary/aromatic N) is 2. The molecule has 0 aliphatic heterocycles. The standard InChI is InChI=1S/C24H24F3N3O3S/c1-23(2,29-34(32,33)21-11-6-5-10-20(21)24(25,26)27)17-9-7-8-16(14-17)18-12-13-28-15-19(18)22(31)30(3)4/h5-15,29H,1-4H3. The molecule has 0 atom stereocenters. The number of sulfonamides is 1. The van der Waals surface area contributed by atoms with Gasteiger partial charge in [-0.2, -0.15) is 13.2 Å². The number of aromatic nitrogens is 1. The van der Waals surface area contributed by atoms with Crippen molar-refractivity contribution in [1.29, 1.82) is 0 Å². The fourth-order valence-electron chi connectivity index (χ4n) is 3.52. The van der Waals surface area contributed by atoms with E-state index in [4.69, 9.17) is 0 Å². The molecule has 0 spiro atoms. The van der Waals surface area contributed by atoms with Gasteiger partial charge in [-0.1, -0.05) is 30.3 Å². The van der Waals surface area contributed by atoms with Crippen molar-refractivity contribution in [3.05, 3.63) is 83.7 Å². The fraction of sp³-hybridized carbons (Fsp3) is 0.250. The molecule has 0 fully saturated rings. The van der Waals surface area contributed by atoms with Gasteiger partial charge in [0, 0.05) is 26.5 Å². The third-order valence-corrected chi connectivity index (χ3v) is 6.94. The predicted octanol–water partition coefficient (Wildman–Crippen LogP) is 4.68. The maximum absolute atomic E-state index is 13.4. The summed E-state index contributed by atoms with van der Waals surface area (Å²) in [6.45, 7) is 3.11. The largest absolute Gasteiger partial charge is 0.417 e. The second-order valence-electron chi connectivity index (χ2n) is 8.43. The highest BCUT2D eigenvalue weighted by Gasteiger charge is 2.38. The zero-order valence-electron chi connectivity index (χ0n) is 19.0. The highest BCUT2D eigenvalue weighted by atomic mass is 32.2. The molecular weight excluding hydrogens is 467 g/mol. The van der Waals surface area contributed by atoms with Crippen LogP contribution >= 0.6 is 0 Å². The van der Waals surface area contributed by atoms with Gasteiger partial charge in [-0.3, -0.25) is 9.78 Å². The first-order chi connectivity index (χ1) is 15.7. The van der Waals surface area contributed by atoms with Gasteiger partial charge in [0.15, 0.2) is 0 Å². The van der Waals surface area contributed by atoms with E-state index in [9.17, 15) is 26.4 Å². The molecular formula is C24H24F3N3O3S. The molecule has 0 unspecified atom stereocenters. The van der Waals surface area contributed by atoms with E-state index in [0.717, 1.165) is 18.2 Å². The third-order valence-electron chi connectivity index (χ3n) is 5.22. The average Bonchev–Trinajstić information content (AvgIpc) is 2.77. The van der Waals surface area contributed by atoms with Crippen LogP contribution in [0.2, 0.25) is 0 Å². The number of halogens is 3. The SMILES string of the molecule is CN(C)C(=O)c1cnccc1-c1cccc(C(C)(C)NS(=O)(=O)c2ccccc2C(F)(F)F)c1. The lowest BCUT2D eigenvalue weighted by atomic mass is 9.91. The first-order valence-electron chi connectivity index (χ1n) is 10.2. The van der Waals surface area contributed by atoms with Crippen LogP contribution in [0.4, 0.5) is 13.2 Å². The van der Waals surface area contributed by atoms with Crippen LogP contribution in [0.5, 0.6) is 0 Å². The molecule has 3 aromatic rings. The van der Waals surface area contributed by atoms with Crippen molar-refractivity contribution in [3.63, 3.8) is 0 Å². The molecule has 1 aromatic heterocycles. The molecule has 0 saturated heterocycles. The van der Waals surface area contributed by atoms with Gasteiger partial charge in [-0.25, -0.2) is 13.1 Å². The molecule has 0 aliphatic rings. The Morgan fingerprint density at radius 1 is 1.00 bits per heavy atom. The first kappa shape index (κ1) is 25.4. The van der Waals surface area contributed by atoms with Crippen LogP contribution in [0.1, 0.15) is 35.3 Å². The summed E-state index contributed by atoms with van der Waals surface area (Å²) in [6, 6.07) is 12.5. The summed E-state index contributed by atoms with van der Waals surface area (Å²) < 4.78 is 68.6. The van der Waals surface area contributed by atoms with Gasteiger partial charge in [0.05, 0.1) is 21.6 Å². The van der Waals surface area contributed by atoms with Crippen molar-refractivity contribution < 1.29 is 26.4 Å². The molecule has 0 bridgehead atoms. The molecule has 1 amide bonds. The topological polar surface area (TPSA) is 79.4 Å². The Bertz CT molecular complexity index is 1320. The molecule has 34 heavy (non-hydrogen) atoms. The number of carbonyl (C=O) groups excluding carboxylic acids is 1. The molecule has 3 rings (SSSR count). The number of amides is 1. The number of rotatable bonds is 6. The highest BCUT2D eigenvalue weighted by Crippen LogP contribution is 2.35. The minimum atomic E-state index is -4.83. The number of hydrogen-bond donors (Lipinski definition) is 1. The molecule has 2 aromatic carbocycles. The van der Waals surface area contributed by atoms with Crippen LogP contribution in [0, 0.1) is 0 Å². The Balaban J connectivity index is 2.02. The number of nitrogens with one attached hydrogen (secondary N) is 1. The third kappa shape index (κ3) is 5.28. The molecule has 6 nitrogen and oxygen atoms in total. The lowest BCUT2D eigenvalue weighted by Gasteiger charge is -2.28. The van der Waals surface area contributed by atoms with Crippen LogP contribution in [0.3, 0.4) is 0 Å². The van der Waals surface area contributed by atoms with Gasteiger partial charge in [0.25, 0.3) is 5.91 Å². The molecule has 1 N–H and O–H groups in total. The second kappa shape index (κ2) is 9.19. The number of carbonyl (C=O) groups is 1. The summed E-state index contributed by atoms with van der Waals surface area (Å²) in [4.78, 5) is 17.2. The minimum absolute atomic E-state index is 0.253. The molecule has 0 aliphatic carbocycles. The zero-order chi connectivity index (χ0) is 25.3. The number of pyridine rings is 1. The summed E-state index contributed by atoms with van der Waals surface area (Å²) in [5.41, 5.74) is -0.424.